The van der Waals surface area contributed by atoms with Crippen LogP contribution in [0.4, 0.5) is 4.39 Å². The van der Waals surface area contributed by atoms with Crippen molar-refractivity contribution in [3.63, 3.8) is 0 Å². The third-order valence-electron chi connectivity index (χ3n) is 5.79. The smallest absolute Gasteiger partial charge is 0.299 e. The van der Waals surface area contributed by atoms with E-state index >= 15 is 0 Å². The van der Waals surface area contributed by atoms with Gasteiger partial charge in [-0.1, -0.05) is 72.8 Å². The SMILES string of the molecule is CC1(C)OC(=N[C@@H](CCO)c2ccccc2F)NS(=O)(=O)C1c1ccc(-c2ccccc2)cc1. The number of nitrogens with zero attached hydrogens (tertiary/aromatic N) is 1. The van der Waals surface area contributed by atoms with E-state index in [9.17, 15) is 17.9 Å². The fraction of sp³-hybridized carbons (Fsp3) is 0.269. The molecule has 0 aliphatic carbocycles. The standard InChI is InChI=1S/C26H27FN2O4S/c1-26(2)24(20-14-12-19(13-15-20)18-8-4-3-5-9-18)34(31,32)29-25(33-26)28-23(16-17-30)21-10-6-7-11-22(21)27/h3-15,23-24,30H,16-17H2,1-2H3,(H,28,29)/t23-,24?/m0/s1. The summed E-state index contributed by atoms with van der Waals surface area (Å²) in [5, 5.41) is 8.46. The molecule has 0 aromatic heterocycles. The van der Waals surface area contributed by atoms with Gasteiger partial charge in [0.25, 0.3) is 6.02 Å². The van der Waals surface area contributed by atoms with Crippen molar-refractivity contribution in [1.29, 1.82) is 0 Å². The van der Waals surface area contributed by atoms with Crippen LogP contribution in [0.25, 0.3) is 11.1 Å². The molecule has 4 rings (SSSR count). The number of halogens is 1. The van der Waals surface area contributed by atoms with Gasteiger partial charge in [-0.05, 0) is 43.0 Å². The molecule has 0 saturated carbocycles. The van der Waals surface area contributed by atoms with Crippen LogP contribution in [0.2, 0.25) is 0 Å². The minimum Gasteiger partial charge on any atom is -0.457 e. The summed E-state index contributed by atoms with van der Waals surface area (Å²) in [6.07, 6.45) is 0.111. The first-order valence-electron chi connectivity index (χ1n) is 11.0. The van der Waals surface area contributed by atoms with Crippen LogP contribution in [-0.4, -0.2) is 31.8 Å². The highest BCUT2D eigenvalue weighted by atomic mass is 32.2. The lowest BCUT2D eigenvalue weighted by Gasteiger charge is -2.39. The molecule has 6 nitrogen and oxygen atoms in total. The molecule has 34 heavy (non-hydrogen) atoms. The molecule has 8 heteroatoms. The van der Waals surface area contributed by atoms with Gasteiger partial charge in [-0.15, -0.1) is 0 Å². The van der Waals surface area contributed by atoms with Crippen LogP contribution < -0.4 is 4.72 Å². The normalized spacial score (nSPS) is 20.8. The number of sulfonamides is 1. The Balaban J connectivity index is 1.64. The third kappa shape index (κ3) is 4.98. The van der Waals surface area contributed by atoms with Gasteiger partial charge in [0.05, 0.1) is 6.04 Å². The number of hydrogen-bond acceptors (Lipinski definition) is 5. The van der Waals surface area contributed by atoms with Crippen LogP contribution in [0, 0.1) is 5.82 Å². The number of aliphatic hydroxyl groups excluding tert-OH is 1. The monoisotopic (exact) mass is 482 g/mol. The molecule has 0 amide bonds. The van der Waals surface area contributed by atoms with E-state index in [0.29, 0.717) is 5.56 Å². The molecule has 1 unspecified atom stereocenters. The molecule has 1 heterocycles. The third-order valence-corrected chi connectivity index (χ3v) is 7.71. The maximum atomic E-state index is 14.3. The number of hydrogen-bond donors (Lipinski definition) is 2. The second-order valence-electron chi connectivity index (χ2n) is 8.70. The summed E-state index contributed by atoms with van der Waals surface area (Å²) in [7, 11) is -3.93. The molecule has 0 spiro atoms. The van der Waals surface area contributed by atoms with E-state index < -0.39 is 32.7 Å². The van der Waals surface area contributed by atoms with Gasteiger partial charge in [-0.2, -0.15) is 0 Å². The lowest BCUT2D eigenvalue weighted by atomic mass is 9.95. The average Bonchev–Trinajstić information content (AvgIpc) is 2.79. The summed E-state index contributed by atoms with van der Waals surface area (Å²) < 4.78 is 49.4. The van der Waals surface area contributed by atoms with Crippen LogP contribution in [-0.2, 0) is 14.8 Å². The summed E-state index contributed by atoms with van der Waals surface area (Å²) in [5.74, 6) is -0.486. The molecule has 2 N–H and O–H groups in total. The number of aliphatic imine (C=N–C) groups is 1. The maximum Gasteiger partial charge on any atom is 0.299 e. The zero-order valence-electron chi connectivity index (χ0n) is 19.0. The molecule has 178 valence electrons. The summed E-state index contributed by atoms with van der Waals surface area (Å²) in [6.45, 7) is 3.12. The molecular weight excluding hydrogens is 455 g/mol. The van der Waals surface area contributed by atoms with Crippen LogP contribution >= 0.6 is 0 Å². The summed E-state index contributed by atoms with van der Waals surface area (Å²) >= 11 is 0. The Morgan fingerprint density at radius 3 is 2.24 bits per heavy atom. The molecule has 1 aliphatic heterocycles. The fourth-order valence-corrected chi connectivity index (χ4v) is 6.06. The van der Waals surface area contributed by atoms with Crippen molar-refractivity contribution in [3.05, 3.63) is 95.8 Å². The summed E-state index contributed by atoms with van der Waals surface area (Å²) in [6, 6.07) is 22.2. The van der Waals surface area contributed by atoms with Crippen LogP contribution in [0.5, 0.6) is 0 Å². The van der Waals surface area contributed by atoms with E-state index in [1.807, 2.05) is 42.5 Å². The Morgan fingerprint density at radius 2 is 1.62 bits per heavy atom. The molecule has 3 aromatic rings. The number of ether oxygens (including phenoxy) is 1. The topological polar surface area (TPSA) is 88.0 Å². The fourth-order valence-electron chi connectivity index (χ4n) is 4.29. The number of rotatable bonds is 6. The van der Waals surface area contributed by atoms with Crippen molar-refractivity contribution >= 4 is 16.0 Å². The number of aliphatic hydroxyl groups is 1. The van der Waals surface area contributed by atoms with Gasteiger partial charge in [0.1, 0.15) is 16.7 Å². The minimum absolute atomic E-state index is 0.111. The van der Waals surface area contributed by atoms with Gasteiger partial charge in [-0.25, -0.2) is 22.5 Å². The van der Waals surface area contributed by atoms with Crippen LogP contribution in [0.1, 0.15) is 42.7 Å². The predicted molar refractivity (Wildman–Crippen MR) is 130 cm³/mol. The van der Waals surface area contributed by atoms with Crippen LogP contribution in [0.3, 0.4) is 0 Å². The Labute approximate surface area is 199 Å². The minimum atomic E-state index is -3.93. The van der Waals surface area contributed by atoms with Crippen molar-refractivity contribution in [2.75, 3.05) is 6.61 Å². The van der Waals surface area contributed by atoms with Gasteiger partial charge >= 0.3 is 0 Å². The summed E-state index contributed by atoms with van der Waals surface area (Å²) in [5.41, 5.74) is 1.69. The second-order valence-corrected chi connectivity index (χ2v) is 10.5. The quantitative estimate of drug-likeness (QED) is 0.531. The molecule has 3 aromatic carbocycles. The molecule has 1 aliphatic rings. The van der Waals surface area contributed by atoms with E-state index in [2.05, 4.69) is 9.71 Å². The van der Waals surface area contributed by atoms with E-state index in [-0.39, 0.29) is 24.6 Å². The van der Waals surface area contributed by atoms with Gasteiger partial charge < -0.3 is 9.84 Å². The summed E-state index contributed by atoms with van der Waals surface area (Å²) in [4.78, 5) is 4.33. The highest BCUT2D eigenvalue weighted by Gasteiger charge is 2.48. The maximum absolute atomic E-state index is 14.3. The molecule has 2 atom stereocenters. The Bertz CT molecular complexity index is 1280. The predicted octanol–water partition coefficient (Wildman–Crippen LogP) is 4.74. The zero-order chi connectivity index (χ0) is 24.3. The largest absolute Gasteiger partial charge is 0.457 e. The van der Waals surface area contributed by atoms with E-state index in [1.165, 1.54) is 6.07 Å². The lowest BCUT2D eigenvalue weighted by Crippen LogP contribution is -2.53. The number of nitrogens with one attached hydrogen (secondary N) is 1. The van der Waals surface area contributed by atoms with Gasteiger partial charge in [-0.3, -0.25) is 0 Å². The van der Waals surface area contributed by atoms with Crippen molar-refractivity contribution < 1.29 is 22.7 Å². The number of benzene rings is 3. The lowest BCUT2D eigenvalue weighted by molar-refractivity contribution is 0.0758. The molecule has 0 bridgehead atoms. The van der Waals surface area contributed by atoms with Gasteiger partial charge in [0.15, 0.2) is 0 Å². The second kappa shape index (κ2) is 9.56. The van der Waals surface area contributed by atoms with Gasteiger partial charge in [0, 0.05) is 12.2 Å². The molecule has 1 saturated heterocycles. The van der Waals surface area contributed by atoms with Gasteiger partial charge in [0.2, 0.25) is 10.0 Å². The molecule has 1 fully saturated rings. The zero-order valence-corrected chi connectivity index (χ0v) is 19.8. The first-order chi connectivity index (χ1) is 16.2. The van der Waals surface area contributed by atoms with E-state index in [4.69, 9.17) is 4.74 Å². The van der Waals surface area contributed by atoms with Crippen molar-refractivity contribution in [1.82, 2.24) is 4.72 Å². The Morgan fingerprint density at radius 1 is 1.00 bits per heavy atom. The highest BCUT2D eigenvalue weighted by molar-refractivity contribution is 7.90. The van der Waals surface area contributed by atoms with Crippen LogP contribution in [0.15, 0.2) is 83.9 Å². The van der Waals surface area contributed by atoms with Crippen molar-refractivity contribution in [2.24, 2.45) is 4.99 Å². The first-order valence-corrected chi connectivity index (χ1v) is 12.5. The van der Waals surface area contributed by atoms with Crippen molar-refractivity contribution in [2.45, 2.75) is 37.2 Å². The molecular formula is C26H27FN2O4S. The average molecular weight is 483 g/mol. The van der Waals surface area contributed by atoms with Crippen molar-refractivity contribution in [3.8, 4) is 11.1 Å². The Hall–Kier alpha value is -3.23. The molecule has 0 radical (unpaired) electrons. The number of amidine groups is 1. The Kier molecular flexibility index (Phi) is 6.72. The highest BCUT2D eigenvalue weighted by Crippen LogP contribution is 2.39. The van der Waals surface area contributed by atoms with E-state index in [1.54, 1.807) is 44.2 Å². The van der Waals surface area contributed by atoms with E-state index in [0.717, 1.165) is 11.1 Å². The first kappa shape index (κ1) is 23.9.